The van der Waals surface area contributed by atoms with Gasteiger partial charge in [-0.1, -0.05) is 28.8 Å². The first-order valence-electron chi connectivity index (χ1n) is 6.65. The molecule has 2 rings (SSSR count). The molecular formula is C13H19BrN2O3S. The number of rotatable bonds is 6. The van der Waals surface area contributed by atoms with E-state index in [1.54, 1.807) is 12.1 Å². The number of hydrogen-bond donors (Lipinski definition) is 2. The summed E-state index contributed by atoms with van der Waals surface area (Å²) >= 11 is 3.25. The summed E-state index contributed by atoms with van der Waals surface area (Å²) < 4.78 is 33.1. The smallest absolute Gasteiger partial charge is 0.242 e. The second-order valence-corrected chi connectivity index (χ2v) is 7.51. The van der Waals surface area contributed by atoms with Crippen molar-refractivity contribution in [2.75, 3.05) is 18.9 Å². The molecule has 0 aromatic heterocycles. The molecule has 0 amide bonds. The van der Waals surface area contributed by atoms with Gasteiger partial charge in [-0.2, -0.15) is 0 Å². The van der Waals surface area contributed by atoms with Crippen LogP contribution in [-0.4, -0.2) is 27.7 Å². The summed E-state index contributed by atoms with van der Waals surface area (Å²) in [7, 11) is -3.58. The van der Waals surface area contributed by atoms with Crippen LogP contribution in [0.2, 0.25) is 0 Å². The minimum Gasteiger partial charge on any atom is -0.398 e. The molecule has 0 unspecified atom stereocenters. The van der Waals surface area contributed by atoms with E-state index in [0.717, 1.165) is 17.3 Å². The molecule has 1 fully saturated rings. The number of nitrogens with two attached hydrogens (primary N) is 1. The fourth-order valence-electron chi connectivity index (χ4n) is 2.30. The number of halogens is 1. The largest absolute Gasteiger partial charge is 0.398 e. The van der Waals surface area contributed by atoms with E-state index in [1.165, 1.54) is 18.9 Å². The van der Waals surface area contributed by atoms with Gasteiger partial charge in [0, 0.05) is 11.0 Å². The van der Waals surface area contributed by atoms with Crippen LogP contribution < -0.4 is 10.5 Å². The lowest BCUT2D eigenvalue weighted by atomic mass is 10.3. The van der Waals surface area contributed by atoms with Crippen molar-refractivity contribution in [3.8, 4) is 0 Å². The first kappa shape index (κ1) is 15.8. The third-order valence-electron chi connectivity index (χ3n) is 3.31. The second-order valence-electron chi connectivity index (χ2n) is 4.86. The van der Waals surface area contributed by atoms with Crippen molar-refractivity contribution in [3.63, 3.8) is 0 Å². The van der Waals surface area contributed by atoms with E-state index in [-0.39, 0.29) is 23.2 Å². The Morgan fingerprint density at radius 1 is 1.35 bits per heavy atom. The van der Waals surface area contributed by atoms with Crippen LogP contribution in [0.4, 0.5) is 5.69 Å². The number of hydrogen-bond acceptors (Lipinski definition) is 4. The molecule has 1 aromatic rings. The maximum Gasteiger partial charge on any atom is 0.242 e. The molecule has 0 saturated heterocycles. The highest BCUT2D eigenvalue weighted by molar-refractivity contribution is 9.10. The summed E-state index contributed by atoms with van der Waals surface area (Å²) in [4.78, 5) is 0.0987. The first-order chi connectivity index (χ1) is 9.49. The number of nitrogen functional groups attached to an aromatic ring is 1. The Labute approximate surface area is 128 Å². The van der Waals surface area contributed by atoms with Crippen LogP contribution in [-0.2, 0) is 14.8 Å². The summed E-state index contributed by atoms with van der Waals surface area (Å²) in [5.41, 5.74) is 5.96. The normalized spacial score (nSPS) is 16.6. The molecule has 0 bridgehead atoms. The number of sulfonamides is 1. The topological polar surface area (TPSA) is 81.4 Å². The van der Waals surface area contributed by atoms with Gasteiger partial charge in [-0.05, 0) is 31.0 Å². The molecule has 0 radical (unpaired) electrons. The van der Waals surface area contributed by atoms with Crippen LogP contribution in [0, 0.1) is 0 Å². The quantitative estimate of drug-likeness (QED) is 0.600. The predicted octanol–water partition coefficient (Wildman–Crippen LogP) is 2.27. The Morgan fingerprint density at radius 3 is 2.70 bits per heavy atom. The molecule has 1 aliphatic carbocycles. The van der Waals surface area contributed by atoms with Crippen molar-refractivity contribution in [2.24, 2.45) is 0 Å². The summed E-state index contributed by atoms with van der Waals surface area (Å²) in [6.07, 6.45) is 4.84. The van der Waals surface area contributed by atoms with Gasteiger partial charge in [0.25, 0.3) is 0 Å². The molecule has 112 valence electrons. The molecular weight excluding hydrogens is 344 g/mol. The van der Waals surface area contributed by atoms with Crippen LogP contribution in [0.5, 0.6) is 0 Å². The predicted molar refractivity (Wildman–Crippen MR) is 82.0 cm³/mol. The highest BCUT2D eigenvalue weighted by atomic mass is 79.9. The molecule has 0 heterocycles. The molecule has 0 aliphatic heterocycles. The van der Waals surface area contributed by atoms with Gasteiger partial charge in [-0.3, -0.25) is 0 Å². The lowest BCUT2D eigenvalue weighted by Gasteiger charge is -2.12. The zero-order valence-corrected chi connectivity index (χ0v) is 13.5. The number of nitrogens with one attached hydrogen (secondary N) is 1. The third kappa shape index (κ3) is 4.18. The van der Waals surface area contributed by atoms with E-state index < -0.39 is 10.0 Å². The van der Waals surface area contributed by atoms with Crippen LogP contribution in [0.1, 0.15) is 25.7 Å². The Balaban J connectivity index is 1.87. The number of ether oxygens (including phenoxy) is 1. The monoisotopic (exact) mass is 362 g/mol. The molecule has 1 saturated carbocycles. The Hall–Kier alpha value is -0.630. The third-order valence-corrected chi connectivity index (χ3v) is 5.34. The van der Waals surface area contributed by atoms with Crippen molar-refractivity contribution in [2.45, 2.75) is 36.7 Å². The van der Waals surface area contributed by atoms with Crippen molar-refractivity contribution in [1.29, 1.82) is 0 Å². The minimum absolute atomic E-state index is 0.0987. The van der Waals surface area contributed by atoms with Crippen molar-refractivity contribution >= 4 is 31.6 Å². The van der Waals surface area contributed by atoms with Crippen LogP contribution in [0.3, 0.4) is 0 Å². The van der Waals surface area contributed by atoms with Gasteiger partial charge < -0.3 is 10.5 Å². The fraction of sp³-hybridized carbons (Fsp3) is 0.538. The lowest BCUT2D eigenvalue weighted by molar-refractivity contribution is 0.0626. The molecule has 1 aromatic carbocycles. The molecule has 3 N–H and O–H groups in total. The van der Waals surface area contributed by atoms with E-state index in [4.69, 9.17) is 10.5 Å². The number of benzene rings is 1. The SMILES string of the molecule is Nc1cc(Br)ccc1S(=O)(=O)NCCOC1CCCC1. The Morgan fingerprint density at radius 2 is 2.05 bits per heavy atom. The first-order valence-corrected chi connectivity index (χ1v) is 8.93. The highest BCUT2D eigenvalue weighted by Crippen LogP contribution is 2.23. The average molecular weight is 363 g/mol. The summed E-state index contributed by atoms with van der Waals surface area (Å²) in [5, 5.41) is 0. The number of anilines is 1. The van der Waals surface area contributed by atoms with E-state index >= 15 is 0 Å². The molecule has 0 atom stereocenters. The molecule has 20 heavy (non-hydrogen) atoms. The van der Waals surface area contributed by atoms with Gasteiger partial charge in [-0.15, -0.1) is 0 Å². The molecule has 0 spiro atoms. The van der Waals surface area contributed by atoms with Crippen molar-refractivity contribution in [3.05, 3.63) is 22.7 Å². The van der Waals surface area contributed by atoms with Gasteiger partial charge in [0.05, 0.1) is 18.4 Å². The Bertz CT molecular complexity index is 557. The van der Waals surface area contributed by atoms with Gasteiger partial charge >= 0.3 is 0 Å². The average Bonchev–Trinajstić information content (AvgIpc) is 2.87. The maximum absolute atomic E-state index is 12.1. The molecule has 7 heteroatoms. The fourth-order valence-corrected chi connectivity index (χ4v) is 3.80. The van der Waals surface area contributed by atoms with E-state index in [2.05, 4.69) is 20.7 Å². The molecule has 5 nitrogen and oxygen atoms in total. The van der Waals surface area contributed by atoms with Crippen molar-refractivity contribution in [1.82, 2.24) is 4.72 Å². The zero-order chi connectivity index (χ0) is 14.6. The summed E-state index contributed by atoms with van der Waals surface area (Å²) in [6.45, 7) is 0.647. The van der Waals surface area contributed by atoms with E-state index in [9.17, 15) is 8.42 Å². The molecule has 1 aliphatic rings. The highest BCUT2D eigenvalue weighted by Gasteiger charge is 2.18. The zero-order valence-electron chi connectivity index (χ0n) is 11.1. The minimum atomic E-state index is -3.58. The van der Waals surface area contributed by atoms with Gasteiger partial charge in [0.2, 0.25) is 10.0 Å². The van der Waals surface area contributed by atoms with Crippen molar-refractivity contribution < 1.29 is 13.2 Å². The second kappa shape index (κ2) is 6.89. The van der Waals surface area contributed by atoms with E-state index in [0.29, 0.717) is 6.61 Å². The van der Waals surface area contributed by atoms with Crippen LogP contribution >= 0.6 is 15.9 Å². The Kier molecular flexibility index (Phi) is 5.42. The standard InChI is InChI=1S/C13H19BrN2O3S/c14-10-5-6-13(12(15)9-10)20(17,18)16-7-8-19-11-3-1-2-4-11/h5-6,9,11,16H,1-4,7-8,15H2. The van der Waals surface area contributed by atoms with Gasteiger partial charge in [0.15, 0.2) is 0 Å². The maximum atomic E-state index is 12.1. The van der Waals surface area contributed by atoms with Gasteiger partial charge in [-0.25, -0.2) is 13.1 Å². The van der Waals surface area contributed by atoms with E-state index in [1.807, 2.05) is 0 Å². The summed E-state index contributed by atoms with van der Waals surface area (Å²) in [5.74, 6) is 0. The van der Waals surface area contributed by atoms with Crippen LogP contribution in [0.25, 0.3) is 0 Å². The summed E-state index contributed by atoms with van der Waals surface area (Å²) in [6, 6.07) is 4.71. The lowest BCUT2D eigenvalue weighted by Crippen LogP contribution is -2.29. The van der Waals surface area contributed by atoms with Crippen LogP contribution in [0.15, 0.2) is 27.6 Å². The van der Waals surface area contributed by atoms with Gasteiger partial charge in [0.1, 0.15) is 4.90 Å².